The van der Waals surface area contributed by atoms with Crippen LogP contribution in [0.3, 0.4) is 0 Å². The predicted molar refractivity (Wildman–Crippen MR) is 108 cm³/mol. The fourth-order valence-corrected chi connectivity index (χ4v) is 4.83. The lowest BCUT2D eigenvalue weighted by atomic mass is 9.73. The monoisotopic (exact) mass is 382 g/mol. The zero-order valence-electron chi connectivity index (χ0n) is 19.1. The molecule has 4 nitrogen and oxygen atoms in total. The van der Waals surface area contributed by atoms with Crippen molar-refractivity contribution in [3.63, 3.8) is 0 Å². The molecule has 0 spiro atoms. The summed E-state index contributed by atoms with van der Waals surface area (Å²) in [5, 5.41) is 0. The maximum Gasteiger partial charge on any atom is 0.161 e. The third-order valence-corrected chi connectivity index (χ3v) is 7.35. The summed E-state index contributed by atoms with van der Waals surface area (Å²) in [5.74, 6) is 1.87. The average Bonchev–Trinajstić information content (AvgIpc) is 2.57. The van der Waals surface area contributed by atoms with Crippen molar-refractivity contribution >= 4 is 5.78 Å². The molecule has 0 aromatic heterocycles. The molecule has 4 heteroatoms. The van der Waals surface area contributed by atoms with Gasteiger partial charge in [0.1, 0.15) is 6.10 Å². The van der Waals surface area contributed by atoms with Crippen molar-refractivity contribution in [1.29, 1.82) is 0 Å². The minimum atomic E-state index is -0.351. The molecule has 0 aliphatic carbocycles. The van der Waals surface area contributed by atoms with Gasteiger partial charge < -0.3 is 14.2 Å². The van der Waals surface area contributed by atoms with E-state index in [0.29, 0.717) is 17.8 Å². The number of hydrogen-bond acceptors (Lipinski definition) is 4. The molecule has 2 saturated heterocycles. The molecule has 0 radical (unpaired) electrons. The number of ketones is 1. The van der Waals surface area contributed by atoms with Crippen LogP contribution in [-0.4, -0.2) is 36.5 Å². The Morgan fingerprint density at radius 2 is 1.48 bits per heavy atom. The first-order valence-electron chi connectivity index (χ1n) is 10.9. The molecule has 0 amide bonds. The summed E-state index contributed by atoms with van der Waals surface area (Å²) in [7, 11) is 0. The van der Waals surface area contributed by atoms with Gasteiger partial charge in [-0.15, -0.1) is 0 Å². The van der Waals surface area contributed by atoms with E-state index < -0.39 is 0 Å². The van der Waals surface area contributed by atoms with Crippen LogP contribution in [0.25, 0.3) is 0 Å². The van der Waals surface area contributed by atoms with Gasteiger partial charge in [-0.3, -0.25) is 4.79 Å². The molecule has 2 fully saturated rings. The number of ether oxygens (including phenoxy) is 3. The van der Waals surface area contributed by atoms with Gasteiger partial charge in [-0.1, -0.05) is 62.3 Å². The summed E-state index contributed by atoms with van der Waals surface area (Å²) >= 11 is 0. The first-order chi connectivity index (χ1) is 12.4. The molecule has 10 atom stereocenters. The summed E-state index contributed by atoms with van der Waals surface area (Å²) in [6.07, 6.45) is 0.445. The third-order valence-electron chi connectivity index (χ3n) is 7.35. The van der Waals surface area contributed by atoms with Crippen LogP contribution in [-0.2, 0) is 19.0 Å². The topological polar surface area (TPSA) is 44.8 Å². The highest BCUT2D eigenvalue weighted by Crippen LogP contribution is 2.43. The van der Waals surface area contributed by atoms with Gasteiger partial charge >= 0.3 is 0 Å². The van der Waals surface area contributed by atoms with Gasteiger partial charge in [0.25, 0.3) is 0 Å². The number of hydrogen-bond donors (Lipinski definition) is 0. The Labute approximate surface area is 166 Å². The summed E-state index contributed by atoms with van der Waals surface area (Å²) in [6.45, 7) is 21.5. The predicted octanol–water partition coefficient (Wildman–Crippen LogP) is 5.09. The maximum absolute atomic E-state index is 12.1. The van der Waals surface area contributed by atoms with Crippen LogP contribution in [0.2, 0.25) is 0 Å². The van der Waals surface area contributed by atoms with E-state index in [1.54, 1.807) is 6.92 Å². The normalized spacial score (nSPS) is 46.3. The molecule has 0 aromatic rings. The number of carbonyl (C=O) groups is 1. The molecule has 4 unspecified atom stereocenters. The van der Waals surface area contributed by atoms with Gasteiger partial charge in [0.15, 0.2) is 12.1 Å². The molecule has 2 rings (SSSR count). The first kappa shape index (κ1) is 22.8. The van der Waals surface area contributed by atoms with Gasteiger partial charge in [-0.2, -0.15) is 0 Å². The minimum Gasteiger partial charge on any atom is -0.364 e. The van der Waals surface area contributed by atoms with E-state index in [0.717, 1.165) is 6.42 Å². The van der Waals surface area contributed by atoms with E-state index in [1.165, 1.54) is 0 Å². The zero-order valence-corrected chi connectivity index (χ0v) is 19.1. The second-order valence-electron chi connectivity index (χ2n) is 10.3. The van der Waals surface area contributed by atoms with Crippen molar-refractivity contribution in [2.24, 2.45) is 35.0 Å². The second-order valence-corrected chi connectivity index (χ2v) is 10.3. The van der Waals surface area contributed by atoms with Gasteiger partial charge in [0.05, 0.1) is 18.3 Å². The zero-order chi connectivity index (χ0) is 20.7. The molecule has 0 N–H and O–H groups in total. The van der Waals surface area contributed by atoms with Crippen molar-refractivity contribution in [3.05, 3.63) is 0 Å². The van der Waals surface area contributed by atoms with E-state index in [-0.39, 0.29) is 53.7 Å². The molecule has 2 aliphatic heterocycles. The highest BCUT2D eigenvalue weighted by molar-refractivity contribution is 5.81. The molecule has 158 valence electrons. The van der Waals surface area contributed by atoms with Crippen LogP contribution < -0.4 is 0 Å². The van der Waals surface area contributed by atoms with E-state index in [1.807, 2.05) is 0 Å². The molecule has 0 saturated carbocycles. The van der Waals surface area contributed by atoms with Gasteiger partial charge in [-0.25, -0.2) is 0 Å². The Hall–Kier alpha value is -0.450. The summed E-state index contributed by atoms with van der Waals surface area (Å²) in [6, 6.07) is 0. The fourth-order valence-electron chi connectivity index (χ4n) is 4.83. The second kappa shape index (κ2) is 8.51. The van der Waals surface area contributed by atoms with Crippen LogP contribution >= 0.6 is 0 Å². The Balaban J connectivity index is 2.27. The van der Waals surface area contributed by atoms with E-state index >= 15 is 0 Å². The van der Waals surface area contributed by atoms with Crippen LogP contribution in [0.4, 0.5) is 0 Å². The molecule has 27 heavy (non-hydrogen) atoms. The summed E-state index contributed by atoms with van der Waals surface area (Å²) < 4.78 is 19.4. The van der Waals surface area contributed by atoms with Crippen LogP contribution in [0.15, 0.2) is 0 Å². The number of rotatable bonds is 4. The van der Waals surface area contributed by atoms with Crippen molar-refractivity contribution < 1.29 is 19.0 Å². The number of carbonyl (C=O) groups excluding carboxylic acids is 1. The van der Waals surface area contributed by atoms with Crippen LogP contribution in [0, 0.1) is 35.0 Å². The molecule has 2 heterocycles. The summed E-state index contributed by atoms with van der Waals surface area (Å²) in [5.41, 5.74) is -0.117. The highest BCUT2D eigenvalue weighted by atomic mass is 16.7. The standard InChI is InChI=1S/C23H42O4/c1-11-18-13(3)12(2)16(6)22(25-18)27-20-15(5)14(4)19(17(7)24)26-21(20)23(8,9)10/h12-16,18-22H,11H2,1-10H3/t12-,13-,14-,15-,16?,18?,19?,20?,21+,22-/m0/s1. The highest BCUT2D eigenvalue weighted by Gasteiger charge is 2.50. The van der Waals surface area contributed by atoms with Crippen molar-refractivity contribution in [2.75, 3.05) is 0 Å². The van der Waals surface area contributed by atoms with Crippen molar-refractivity contribution in [3.8, 4) is 0 Å². The molecular weight excluding hydrogens is 340 g/mol. The average molecular weight is 383 g/mol. The number of Topliss-reactive ketones (excluding diaryl/α,β-unsaturated/α-hetero) is 1. The van der Waals surface area contributed by atoms with Gasteiger partial charge in [0, 0.05) is 5.92 Å². The van der Waals surface area contributed by atoms with Crippen molar-refractivity contribution in [1.82, 2.24) is 0 Å². The Bertz CT molecular complexity index is 509. The maximum atomic E-state index is 12.1. The lowest BCUT2D eigenvalue weighted by Gasteiger charge is -2.51. The third kappa shape index (κ3) is 4.59. The van der Waals surface area contributed by atoms with Crippen molar-refractivity contribution in [2.45, 2.75) is 106 Å². The lowest BCUT2D eigenvalue weighted by Crippen LogP contribution is -2.59. The van der Waals surface area contributed by atoms with Crippen LogP contribution in [0.5, 0.6) is 0 Å². The van der Waals surface area contributed by atoms with Crippen LogP contribution in [0.1, 0.15) is 75.7 Å². The van der Waals surface area contributed by atoms with Gasteiger partial charge in [-0.05, 0) is 42.4 Å². The molecular formula is C23H42O4. The smallest absolute Gasteiger partial charge is 0.161 e. The lowest BCUT2D eigenvalue weighted by molar-refractivity contribution is -0.307. The van der Waals surface area contributed by atoms with E-state index in [9.17, 15) is 4.79 Å². The Morgan fingerprint density at radius 3 is 1.96 bits per heavy atom. The minimum absolute atomic E-state index is 0.0823. The first-order valence-corrected chi connectivity index (χ1v) is 10.9. The van der Waals surface area contributed by atoms with E-state index in [4.69, 9.17) is 14.2 Å². The SMILES string of the molecule is CCC1O[C@@H](OC2[C@@H](C)[C@H](C)C(C(C)=O)O[C@H]2C(C)(C)C)C(C)[C@@H](C)[C@@H]1C. The molecule has 2 aliphatic rings. The summed E-state index contributed by atoms with van der Waals surface area (Å²) in [4.78, 5) is 12.1. The Kier molecular flexibility index (Phi) is 7.19. The fraction of sp³-hybridized carbons (Fsp3) is 0.957. The molecule has 0 aromatic carbocycles. The quantitative estimate of drug-likeness (QED) is 0.679. The largest absolute Gasteiger partial charge is 0.364 e. The van der Waals surface area contributed by atoms with E-state index in [2.05, 4.69) is 62.3 Å². The Morgan fingerprint density at radius 1 is 0.889 bits per heavy atom. The molecule has 0 bridgehead atoms. The van der Waals surface area contributed by atoms with Gasteiger partial charge in [0.2, 0.25) is 0 Å².